The van der Waals surface area contributed by atoms with Crippen LogP contribution in [-0.2, 0) is 11.3 Å². The van der Waals surface area contributed by atoms with E-state index in [1.807, 2.05) is 30.3 Å². The molecule has 0 saturated heterocycles. The average molecular weight is 241 g/mol. The highest BCUT2D eigenvalue weighted by atomic mass is 16.5. The van der Waals surface area contributed by atoms with Gasteiger partial charge >= 0.3 is 0 Å². The predicted octanol–water partition coefficient (Wildman–Crippen LogP) is 3.21. The second kappa shape index (κ2) is 6.34. The van der Waals surface area contributed by atoms with E-state index in [0.717, 1.165) is 0 Å². The molecule has 0 aliphatic rings. The molecule has 2 aromatic rings. The van der Waals surface area contributed by atoms with E-state index in [1.54, 1.807) is 0 Å². The normalized spacial score (nSPS) is 12.3. The summed E-state index contributed by atoms with van der Waals surface area (Å²) >= 11 is 0. The summed E-state index contributed by atoms with van der Waals surface area (Å²) in [6.45, 7) is 3.18. The third-order valence-electron chi connectivity index (χ3n) is 3.04. The number of hydrogen-bond donors (Lipinski definition) is 1. The minimum absolute atomic E-state index is 0.0357. The number of rotatable bonds is 5. The van der Waals surface area contributed by atoms with Gasteiger partial charge < -0.3 is 10.5 Å². The Morgan fingerprint density at radius 3 is 2.33 bits per heavy atom. The first-order valence-electron chi connectivity index (χ1n) is 6.22. The third-order valence-corrected chi connectivity index (χ3v) is 3.04. The van der Waals surface area contributed by atoms with E-state index in [4.69, 9.17) is 10.5 Å². The molecule has 2 rings (SSSR count). The number of hydrogen-bond acceptors (Lipinski definition) is 2. The largest absolute Gasteiger partial charge is 0.368 e. The van der Waals surface area contributed by atoms with E-state index in [0.29, 0.717) is 13.2 Å². The van der Waals surface area contributed by atoms with Gasteiger partial charge in [0.15, 0.2) is 0 Å². The molecule has 0 fully saturated rings. The standard InChI is InChI=1S/C16H19NO/c1-13-7-5-6-10-15(13)16(11-17)18-12-14-8-3-2-4-9-14/h2-10,16H,11-12,17H2,1H3. The van der Waals surface area contributed by atoms with Crippen LogP contribution in [0.2, 0.25) is 0 Å². The second-order valence-electron chi connectivity index (χ2n) is 4.38. The molecule has 0 aliphatic carbocycles. The van der Waals surface area contributed by atoms with Crippen molar-refractivity contribution in [1.29, 1.82) is 0 Å². The first kappa shape index (κ1) is 12.8. The summed E-state index contributed by atoms with van der Waals surface area (Å²) in [6.07, 6.45) is -0.0357. The lowest BCUT2D eigenvalue weighted by atomic mass is 10.0. The van der Waals surface area contributed by atoms with Gasteiger partial charge in [0.25, 0.3) is 0 Å². The molecule has 0 heterocycles. The van der Waals surface area contributed by atoms with Gasteiger partial charge in [0.05, 0.1) is 12.7 Å². The topological polar surface area (TPSA) is 35.2 Å². The van der Waals surface area contributed by atoms with Crippen LogP contribution in [0.3, 0.4) is 0 Å². The van der Waals surface area contributed by atoms with Crippen molar-refractivity contribution in [3.05, 3.63) is 71.3 Å². The molecule has 0 aliphatic heterocycles. The van der Waals surface area contributed by atoms with Gasteiger partial charge in [0, 0.05) is 6.54 Å². The van der Waals surface area contributed by atoms with Crippen molar-refractivity contribution >= 4 is 0 Å². The number of benzene rings is 2. The Morgan fingerprint density at radius 1 is 1.00 bits per heavy atom. The maximum absolute atomic E-state index is 5.92. The van der Waals surface area contributed by atoms with E-state index < -0.39 is 0 Å². The highest BCUT2D eigenvalue weighted by Crippen LogP contribution is 2.21. The van der Waals surface area contributed by atoms with Crippen LogP contribution >= 0.6 is 0 Å². The predicted molar refractivity (Wildman–Crippen MR) is 74.2 cm³/mol. The minimum atomic E-state index is -0.0357. The lowest BCUT2D eigenvalue weighted by Gasteiger charge is -2.18. The zero-order valence-corrected chi connectivity index (χ0v) is 10.7. The number of nitrogens with two attached hydrogens (primary N) is 1. The van der Waals surface area contributed by atoms with Crippen molar-refractivity contribution in [2.24, 2.45) is 5.73 Å². The van der Waals surface area contributed by atoms with Crippen LogP contribution in [0.5, 0.6) is 0 Å². The third kappa shape index (κ3) is 3.19. The van der Waals surface area contributed by atoms with Crippen molar-refractivity contribution in [2.45, 2.75) is 19.6 Å². The van der Waals surface area contributed by atoms with Crippen LogP contribution in [0.15, 0.2) is 54.6 Å². The lowest BCUT2D eigenvalue weighted by Crippen LogP contribution is -2.16. The molecule has 1 unspecified atom stereocenters. The fraction of sp³-hybridized carbons (Fsp3) is 0.250. The van der Waals surface area contributed by atoms with E-state index in [-0.39, 0.29) is 6.10 Å². The SMILES string of the molecule is Cc1ccccc1C(CN)OCc1ccccc1. The molecule has 1 atom stereocenters. The van der Waals surface area contributed by atoms with Crippen molar-refractivity contribution in [1.82, 2.24) is 0 Å². The Balaban J connectivity index is 2.04. The van der Waals surface area contributed by atoms with Gasteiger partial charge in [-0.05, 0) is 23.6 Å². The fourth-order valence-electron chi connectivity index (χ4n) is 2.00. The number of ether oxygens (including phenoxy) is 1. The molecule has 18 heavy (non-hydrogen) atoms. The summed E-state index contributed by atoms with van der Waals surface area (Å²) < 4.78 is 5.92. The number of aryl methyl sites for hydroxylation is 1. The van der Waals surface area contributed by atoms with Gasteiger partial charge in [-0.25, -0.2) is 0 Å². The lowest BCUT2D eigenvalue weighted by molar-refractivity contribution is 0.0452. The molecule has 0 aromatic heterocycles. The van der Waals surface area contributed by atoms with Gasteiger partial charge in [-0.1, -0.05) is 54.6 Å². The highest BCUT2D eigenvalue weighted by molar-refractivity contribution is 5.28. The first-order chi connectivity index (χ1) is 8.81. The molecule has 0 spiro atoms. The van der Waals surface area contributed by atoms with Gasteiger partial charge in [-0.15, -0.1) is 0 Å². The van der Waals surface area contributed by atoms with Gasteiger partial charge in [-0.3, -0.25) is 0 Å². The van der Waals surface area contributed by atoms with Crippen LogP contribution in [0, 0.1) is 6.92 Å². The van der Waals surface area contributed by atoms with Crippen LogP contribution in [0.4, 0.5) is 0 Å². The fourth-order valence-corrected chi connectivity index (χ4v) is 2.00. The highest BCUT2D eigenvalue weighted by Gasteiger charge is 2.12. The summed E-state index contributed by atoms with van der Waals surface area (Å²) in [6, 6.07) is 18.4. The molecule has 0 radical (unpaired) electrons. The summed E-state index contributed by atoms with van der Waals surface area (Å²) in [4.78, 5) is 0. The molecule has 0 bridgehead atoms. The Hall–Kier alpha value is -1.64. The van der Waals surface area contributed by atoms with E-state index in [1.165, 1.54) is 16.7 Å². The monoisotopic (exact) mass is 241 g/mol. The van der Waals surface area contributed by atoms with Crippen molar-refractivity contribution in [3.63, 3.8) is 0 Å². The average Bonchev–Trinajstić information content (AvgIpc) is 2.42. The zero-order valence-electron chi connectivity index (χ0n) is 10.7. The van der Waals surface area contributed by atoms with Crippen molar-refractivity contribution in [2.75, 3.05) is 6.54 Å². The maximum atomic E-state index is 5.92. The molecule has 0 saturated carbocycles. The summed E-state index contributed by atoms with van der Waals surface area (Å²) in [5.74, 6) is 0. The van der Waals surface area contributed by atoms with E-state index in [2.05, 4.69) is 31.2 Å². The molecule has 2 N–H and O–H groups in total. The smallest absolute Gasteiger partial charge is 0.0954 e. The van der Waals surface area contributed by atoms with Crippen LogP contribution < -0.4 is 5.73 Å². The summed E-state index contributed by atoms with van der Waals surface area (Å²) in [5.41, 5.74) is 9.38. The van der Waals surface area contributed by atoms with Gasteiger partial charge in [-0.2, -0.15) is 0 Å². The summed E-state index contributed by atoms with van der Waals surface area (Å²) in [5, 5.41) is 0. The summed E-state index contributed by atoms with van der Waals surface area (Å²) in [7, 11) is 0. The Labute approximate surface area is 108 Å². The Bertz CT molecular complexity index is 481. The molecule has 2 aromatic carbocycles. The molecule has 0 amide bonds. The first-order valence-corrected chi connectivity index (χ1v) is 6.22. The maximum Gasteiger partial charge on any atom is 0.0954 e. The van der Waals surface area contributed by atoms with Gasteiger partial charge in [0.2, 0.25) is 0 Å². The Morgan fingerprint density at radius 2 is 1.67 bits per heavy atom. The molecule has 2 nitrogen and oxygen atoms in total. The molecular weight excluding hydrogens is 222 g/mol. The quantitative estimate of drug-likeness (QED) is 0.872. The van der Waals surface area contributed by atoms with Crippen molar-refractivity contribution in [3.8, 4) is 0 Å². The molecule has 94 valence electrons. The van der Waals surface area contributed by atoms with Crippen LogP contribution in [0.1, 0.15) is 22.8 Å². The van der Waals surface area contributed by atoms with Gasteiger partial charge in [0.1, 0.15) is 0 Å². The second-order valence-corrected chi connectivity index (χ2v) is 4.38. The zero-order chi connectivity index (χ0) is 12.8. The van der Waals surface area contributed by atoms with Crippen LogP contribution in [0.25, 0.3) is 0 Å². The van der Waals surface area contributed by atoms with Crippen LogP contribution in [-0.4, -0.2) is 6.54 Å². The minimum Gasteiger partial charge on any atom is -0.368 e. The van der Waals surface area contributed by atoms with E-state index >= 15 is 0 Å². The van der Waals surface area contributed by atoms with Crippen molar-refractivity contribution < 1.29 is 4.74 Å². The Kier molecular flexibility index (Phi) is 4.51. The molecule has 2 heteroatoms. The molecular formula is C16H19NO. The van der Waals surface area contributed by atoms with E-state index in [9.17, 15) is 0 Å².